The number of rotatable bonds is 8. The highest BCUT2D eigenvalue weighted by Gasteiger charge is 2.27. The number of hydrogen-bond donors (Lipinski definition) is 0. The molecule has 0 N–H and O–H groups in total. The molecule has 1 aromatic carbocycles. The number of benzene rings is 1. The number of ether oxygens (including phenoxy) is 1. The molecule has 2 aromatic heterocycles. The lowest BCUT2D eigenvalue weighted by molar-refractivity contribution is 0.0723. The SMILES string of the molecule is CCOc1cc(CN2CCc3c(CN(C)C)cc(Cn4ccnc4C)cc3C2=O)ncc1C#N. The first-order chi connectivity index (χ1) is 16.4. The monoisotopic (exact) mass is 458 g/mol. The molecule has 0 saturated heterocycles. The third-order valence-electron chi connectivity index (χ3n) is 6.01. The van der Waals surface area contributed by atoms with E-state index < -0.39 is 0 Å². The average Bonchev–Trinajstić information content (AvgIpc) is 3.20. The number of pyridine rings is 1. The molecule has 0 saturated carbocycles. The second kappa shape index (κ2) is 10.1. The van der Waals surface area contributed by atoms with Crippen LogP contribution >= 0.6 is 0 Å². The van der Waals surface area contributed by atoms with Crippen LogP contribution < -0.4 is 4.74 Å². The molecule has 0 unspecified atom stereocenters. The van der Waals surface area contributed by atoms with Gasteiger partial charge in [0.1, 0.15) is 23.2 Å². The molecule has 3 aromatic rings. The van der Waals surface area contributed by atoms with E-state index in [2.05, 4.69) is 31.6 Å². The van der Waals surface area contributed by atoms with E-state index in [0.29, 0.717) is 43.2 Å². The summed E-state index contributed by atoms with van der Waals surface area (Å²) in [5, 5.41) is 9.29. The smallest absolute Gasteiger partial charge is 0.254 e. The van der Waals surface area contributed by atoms with Crippen LogP contribution in [0.25, 0.3) is 0 Å². The molecule has 1 aliphatic rings. The second-order valence-corrected chi connectivity index (χ2v) is 8.81. The lowest BCUT2D eigenvalue weighted by Crippen LogP contribution is -2.38. The number of aromatic nitrogens is 3. The summed E-state index contributed by atoms with van der Waals surface area (Å²) >= 11 is 0. The van der Waals surface area contributed by atoms with Crippen LogP contribution in [-0.4, -0.2) is 57.5 Å². The van der Waals surface area contributed by atoms with E-state index in [0.717, 1.165) is 35.5 Å². The van der Waals surface area contributed by atoms with E-state index >= 15 is 0 Å². The van der Waals surface area contributed by atoms with Crippen LogP contribution in [-0.2, 0) is 26.1 Å². The number of carbonyl (C=O) groups excluding carboxylic acids is 1. The standard InChI is InChI=1S/C26H30N6O2/c1-5-34-25-12-22(29-14-21(25)13-27)17-32-8-6-23-20(16-30(3)4)10-19(11-24(23)26(32)33)15-31-9-7-28-18(31)2/h7,9-12,14H,5-6,8,15-17H2,1-4H3. The summed E-state index contributed by atoms with van der Waals surface area (Å²) < 4.78 is 7.68. The minimum atomic E-state index is 0.00887. The Morgan fingerprint density at radius 3 is 2.71 bits per heavy atom. The first-order valence-electron chi connectivity index (χ1n) is 11.5. The van der Waals surface area contributed by atoms with Gasteiger partial charge in [0.15, 0.2) is 0 Å². The van der Waals surface area contributed by atoms with Crippen molar-refractivity contribution in [1.82, 2.24) is 24.3 Å². The molecule has 8 nitrogen and oxygen atoms in total. The molecular formula is C26H30N6O2. The molecule has 1 amide bonds. The average molecular weight is 459 g/mol. The summed E-state index contributed by atoms with van der Waals surface area (Å²) in [5.74, 6) is 1.46. The Balaban J connectivity index is 1.64. The van der Waals surface area contributed by atoms with Gasteiger partial charge >= 0.3 is 0 Å². The van der Waals surface area contributed by atoms with Gasteiger partial charge in [-0.3, -0.25) is 9.78 Å². The van der Waals surface area contributed by atoms with Crippen molar-refractivity contribution in [1.29, 1.82) is 5.26 Å². The van der Waals surface area contributed by atoms with E-state index in [4.69, 9.17) is 4.74 Å². The van der Waals surface area contributed by atoms with Crippen LogP contribution in [0.15, 0.2) is 36.8 Å². The van der Waals surface area contributed by atoms with Crippen LogP contribution in [0.3, 0.4) is 0 Å². The predicted octanol–water partition coefficient (Wildman–Crippen LogP) is 3.17. The molecule has 0 fully saturated rings. The number of hydrogen-bond acceptors (Lipinski definition) is 6. The van der Waals surface area contributed by atoms with Crippen molar-refractivity contribution < 1.29 is 9.53 Å². The van der Waals surface area contributed by atoms with Crippen molar-refractivity contribution in [3.05, 3.63) is 76.1 Å². The maximum atomic E-state index is 13.6. The Bertz CT molecular complexity index is 1240. The lowest BCUT2D eigenvalue weighted by atomic mass is 9.91. The first-order valence-corrected chi connectivity index (χ1v) is 11.5. The van der Waals surface area contributed by atoms with Gasteiger partial charge in [0.05, 0.1) is 18.8 Å². The summed E-state index contributed by atoms with van der Waals surface area (Å²) in [4.78, 5) is 26.3. The zero-order valence-corrected chi connectivity index (χ0v) is 20.2. The van der Waals surface area contributed by atoms with Gasteiger partial charge in [0.2, 0.25) is 0 Å². The number of imidazole rings is 1. The minimum absolute atomic E-state index is 0.00887. The number of amides is 1. The lowest BCUT2D eigenvalue weighted by Gasteiger charge is -2.31. The highest BCUT2D eigenvalue weighted by Crippen LogP contribution is 2.28. The molecule has 0 radical (unpaired) electrons. The summed E-state index contributed by atoms with van der Waals surface area (Å²) in [7, 11) is 4.09. The van der Waals surface area contributed by atoms with Gasteiger partial charge in [-0.2, -0.15) is 5.26 Å². The van der Waals surface area contributed by atoms with Crippen LogP contribution in [0.2, 0.25) is 0 Å². The zero-order valence-electron chi connectivity index (χ0n) is 20.2. The Kier molecular flexibility index (Phi) is 6.94. The van der Waals surface area contributed by atoms with E-state index in [-0.39, 0.29) is 5.91 Å². The molecular weight excluding hydrogens is 428 g/mol. The van der Waals surface area contributed by atoms with Crippen LogP contribution in [0.4, 0.5) is 0 Å². The first kappa shape index (κ1) is 23.5. The fraction of sp³-hybridized carbons (Fsp3) is 0.385. The number of nitrogens with zero attached hydrogens (tertiary/aromatic N) is 6. The molecule has 8 heteroatoms. The second-order valence-electron chi connectivity index (χ2n) is 8.81. The molecule has 1 aliphatic heterocycles. The summed E-state index contributed by atoms with van der Waals surface area (Å²) in [5.41, 5.74) is 5.27. The van der Waals surface area contributed by atoms with E-state index in [1.807, 2.05) is 45.1 Å². The topological polar surface area (TPSA) is 87.3 Å². The van der Waals surface area contributed by atoms with E-state index in [1.54, 1.807) is 12.3 Å². The number of aryl methyl sites for hydroxylation is 1. The van der Waals surface area contributed by atoms with Crippen molar-refractivity contribution in [3.63, 3.8) is 0 Å². The number of nitriles is 1. The van der Waals surface area contributed by atoms with Gasteiger partial charge in [0.25, 0.3) is 5.91 Å². The van der Waals surface area contributed by atoms with Crippen molar-refractivity contribution >= 4 is 5.91 Å². The van der Waals surface area contributed by atoms with Crippen LogP contribution in [0, 0.1) is 18.3 Å². The minimum Gasteiger partial charge on any atom is -0.492 e. The Morgan fingerprint density at radius 2 is 2.03 bits per heavy atom. The highest BCUT2D eigenvalue weighted by molar-refractivity contribution is 5.97. The third kappa shape index (κ3) is 4.95. The normalized spacial score (nSPS) is 13.2. The molecule has 176 valence electrons. The molecule has 0 aliphatic carbocycles. The van der Waals surface area contributed by atoms with Crippen LogP contribution in [0.1, 0.15) is 51.1 Å². The van der Waals surface area contributed by atoms with Crippen molar-refractivity contribution in [2.75, 3.05) is 27.2 Å². The van der Waals surface area contributed by atoms with Gasteiger partial charge in [-0.1, -0.05) is 6.07 Å². The zero-order chi connectivity index (χ0) is 24.2. The summed E-state index contributed by atoms with van der Waals surface area (Å²) in [6.07, 6.45) is 6.07. The Labute approximate surface area is 200 Å². The van der Waals surface area contributed by atoms with E-state index in [9.17, 15) is 10.1 Å². The molecule has 34 heavy (non-hydrogen) atoms. The quantitative estimate of drug-likeness (QED) is 0.515. The summed E-state index contributed by atoms with van der Waals surface area (Å²) in [6, 6.07) is 8.12. The third-order valence-corrected chi connectivity index (χ3v) is 6.01. The fourth-order valence-electron chi connectivity index (χ4n) is 4.41. The van der Waals surface area contributed by atoms with Crippen molar-refractivity contribution in [2.24, 2.45) is 0 Å². The number of fused-ring (bicyclic) bond motifs is 1. The highest BCUT2D eigenvalue weighted by atomic mass is 16.5. The van der Waals surface area contributed by atoms with Crippen molar-refractivity contribution in [2.45, 2.75) is 39.9 Å². The van der Waals surface area contributed by atoms with Gasteiger partial charge in [-0.15, -0.1) is 0 Å². The largest absolute Gasteiger partial charge is 0.492 e. The maximum absolute atomic E-state index is 13.6. The predicted molar refractivity (Wildman–Crippen MR) is 128 cm³/mol. The van der Waals surface area contributed by atoms with Gasteiger partial charge in [0, 0.05) is 49.9 Å². The molecule has 0 atom stereocenters. The Morgan fingerprint density at radius 1 is 1.21 bits per heavy atom. The molecule has 3 heterocycles. The van der Waals surface area contributed by atoms with E-state index in [1.165, 1.54) is 11.8 Å². The van der Waals surface area contributed by atoms with Gasteiger partial charge in [-0.05, 0) is 57.1 Å². The fourth-order valence-corrected chi connectivity index (χ4v) is 4.41. The van der Waals surface area contributed by atoms with Gasteiger partial charge < -0.3 is 19.1 Å². The maximum Gasteiger partial charge on any atom is 0.254 e. The Hall–Kier alpha value is -3.70. The number of carbonyl (C=O) groups is 1. The van der Waals surface area contributed by atoms with Crippen molar-refractivity contribution in [3.8, 4) is 11.8 Å². The summed E-state index contributed by atoms with van der Waals surface area (Å²) in [6.45, 7) is 6.76. The van der Waals surface area contributed by atoms with Gasteiger partial charge in [-0.25, -0.2) is 4.98 Å². The molecule has 0 spiro atoms. The van der Waals surface area contributed by atoms with Crippen LogP contribution in [0.5, 0.6) is 5.75 Å². The molecule has 0 bridgehead atoms. The molecule has 4 rings (SSSR count).